The molecule has 3 N–H and O–H groups in total. The summed E-state index contributed by atoms with van der Waals surface area (Å²) in [6.07, 6.45) is 5.76. The van der Waals surface area contributed by atoms with Crippen LogP contribution in [-0.4, -0.2) is 32.1 Å². The van der Waals surface area contributed by atoms with Gasteiger partial charge in [0.15, 0.2) is 5.82 Å². The molecule has 1 aliphatic rings. The van der Waals surface area contributed by atoms with Crippen molar-refractivity contribution in [2.24, 2.45) is 0 Å². The van der Waals surface area contributed by atoms with Crippen molar-refractivity contribution in [3.63, 3.8) is 0 Å². The van der Waals surface area contributed by atoms with Gasteiger partial charge in [-0.1, -0.05) is 63.9 Å². The fourth-order valence-electron chi connectivity index (χ4n) is 3.46. The first kappa shape index (κ1) is 22.5. The van der Waals surface area contributed by atoms with Gasteiger partial charge in [-0.3, -0.25) is 4.79 Å². The Labute approximate surface area is 183 Å². The summed E-state index contributed by atoms with van der Waals surface area (Å²) in [5, 5.41) is 11.6. The molecule has 1 saturated carbocycles. The summed E-state index contributed by atoms with van der Waals surface area (Å²) >= 11 is 1.31. The summed E-state index contributed by atoms with van der Waals surface area (Å²) in [5.41, 5.74) is 1.35. The Bertz CT molecular complexity index is 838. The predicted octanol–water partition coefficient (Wildman–Crippen LogP) is 3.80. The van der Waals surface area contributed by atoms with Gasteiger partial charge in [-0.25, -0.2) is 4.68 Å². The van der Waals surface area contributed by atoms with Crippen LogP contribution < -0.4 is 15.9 Å². The first-order chi connectivity index (χ1) is 14.2. The first-order valence-corrected chi connectivity index (χ1v) is 11.5. The number of thioether (sulfide) groups is 1. The van der Waals surface area contributed by atoms with Gasteiger partial charge in [-0.05, 0) is 42.9 Å². The maximum absolute atomic E-state index is 12.5. The van der Waals surface area contributed by atoms with Crippen LogP contribution in [-0.2, 0) is 16.8 Å². The molecular weight excluding hydrogens is 398 g/mol. The number of nitrogen functional groups attached to an aromatic ring is 1. The maximum Gasteiger partial charge on any atom is 0.233 e. The van der Waals surface area contributed by atoms with Crippen LogP contribution in [0.2, 0.25) is 0 Å². The Morgan fingerprint density at radius 2 is 1.90 bits per heavy atom. The summed E-state index contributed by atoms with van der Waals surface area (Å²) in [6, 6.07) is 8.32. The number of carbonyl (C=O) groups excluding carboxylic acids is 1. The molecule has 2 aromatic rings. The summed E-state index contributed by atoms with van der Waals surface area (Å²) < 4.78 is 7.22. The van der Waals surface area contributed by atoms with E-state index in [4.69, 9.17) is 10.6 Å². The lowest BCUT2D eigenvalue weighted by molar-refractivity contribution is -0.121. The number of benzene rings is 1. The third kappa shape index (κ3) is 5.90. The van der Waals surface area contributed by atoms with Gasteiger partial charge in [0.1, 0.15) is 12.4 Å². The van der Waals surface area contributed by atoms with Gasteiger partial charge in [0.25, 0.3) is 0 Å². The molecule has 8 heteroatoms. The molecule has 1 unspecified atom stereocenters. The van der Waals surface area contributed by atoms with Crippen molar-refractivity contribution in [2.45, 2.75) is 88.3 Å². The molecule has 1 fully saturated rings. The van der Waals surface area contributed by atoms with Crippen LogP contribution in [0.5, 0.6) is 5.75 Å². The third-order valence-corrected chi connectivity index (χ3v) is 6.48. The second-order valence-corrected chi connectivity index (χ2v) is 10.2. The molecule has 1 aliphatic carbocycles. The highest BCUT2D eigenvalue weighted by atomic mass is 32.2. The SMILES string of the molecule is CC(Sc1nnc(COc2ccc(C(C)(C)C)cc2)n1N)C(=O)NC1CCCCC1. The van der Waals surface area contributed by atoms with Gasteiger partial charge in [0.2, 0.25) is 11.1 Å². The third-order valence-electron chi connectivity index (χ3n) is 5.43. The molecule has 0 saturated heterocycles. The van der Waals surface area contributed by atoms with Crippen LogP contribution in [0.3, 0.4) is 0 Å². The average Bonchev–Trinajstić information content (AvgIpc) is 3.06. The molecular formula is C22H33N5O2S. The van der Waals surface area contributed by atoms with Crippen LogP contribution in [0.25, 0.3) is 0 Å². The number of nitrogens with two attached hydrogens (primary N) is 1. The highest BCUT2D eigenvalue weighted by Crippen LogP contribution is 2.25. The second kappa shape index (κ2) is 9.73. The average molecular weight is 432 g/mol. The van der Waals surface area contributed by atoms with E-state index < -0.39 is 0 Å². The maximum atomic E-state index is 12.5. The molecule has 1 heterocycles. The lowest BCUT2D eigenvalue weighted by Gasteiger charge is -2.24. The number of hydrogen-bond donors (Lipinski definition) is 2. The van der Waals surface area contributed by atoms with Crippen molar-refractivity contribution >= 4 is 17.7 Å². The molecule has 7 nitrogen and oxygen atoms in total. The lowest BCUT2D eigenvalue weighted by Crippen LogP contribution is -2.40. The molecule has 30 heavy (non-hydrogen) atoms. The van der Waals surface area contributed by atoms with Crippen molar-refractivity contribution in [1.29, 1.82) is 0 Å². The first-order valence-electron chi connectivity index (χ1n) is 10.6. The Hall–Kier alpha value is -2.22. The fourth-order valence-corrected chi connectivity index (χ4v) is 4.26. The summed E-state index contributed by atoms with van der Waals surface area (Å²) in [6.45, 7) is 8.60. The largest absolute Gasteiger partial charge is 0.486 e. The van der Waals surface area contributed by atoms with Gasteiger partial charge < -0.3 is 15.9 Å². The molecule has 1 amide bonds. The molecule has 0 aliphatic heterocycles. The zero-order chi connectivity index (χ0) is 21.7. The van der Waals surface area contributed by atoms with E-state index in [1.807, 2.05) is 19.1 Å². The van der Waals surface area contributed by atoms with Crippen LogP contribution in [0.1, 0.15) is 71.2 Å². The highest BCUT2D eigenvalue weighted by molar-refractivity contribution is 8.00. The minimum atomic E-state index is -0.294. The zero-order valence-electron chi connectivity index (χ0n) is 18.4. The topological polar surface area (TPSA) is 95.1 Å². The van der Waals surface area contributed by atoms with Crippen LogP contribution >= 0.6 is 11.8 Å². The van der Waals surface area contributed by atoms with E-state index in [0.29, 0.717) is 17.0 Å². The number of aromatic nitrogens is 3. The van der Waals surface area contributed by atoms with E-state index in [2.05, 4.69) is 48.4 Å². The Morgan fingerprint density at radius 1 is 1.23 bits per heavy atom. The van der Waals surface area contributed by atoms with Crippen LogP contribution in [0, 0.1) is 0 Å². The number of amides is 1. The second-order valence-electron chi connectivity index (χ2n) is 8.94. The Balaban J connectivity index is 1.53. The molecule has 164 valence electrons. The number of nitrogens with zero attached hydrogens (tertiary/aromatic N) is 3. The normalized spacial score (nSPS) is 16.3. The van der Waals surface area contributed by atoms with E-state index >= 15 is 0 Å². The van der Waals surface area contributed by atoms with Crippen LogP contribution in [0.4, 0.5) is 0 Å². The predicted molar refractivity (Wildman–Crippen MR) is 120 cm³/mol. The summed E-state index contributed by atoms with van der Waals surface area (Å²) in [7, 11) is 0. The lowest BCUT2D eigenvalue weighted by atomic mass is 9.87. The number of ether oxygens (including phenoxy) is 1. The zero-order valence-corrected chi connectivity index (χ0v) is 19.2. The molecule has 1 aromatic carbocycles. The molecule has 1 aromatic heterocycles. The number of rotatable bonds is 7. The van der Waals surface area contributed by atoms with Gasteiger partial charge >= 0.3 is 0 Å². The van der Waals surface area contributed by atoms with Crippen molar-refractivity contribution in [3.8, 4) is 5.75 Å². The van der Waals surface area contributed by atoms with Crippen molar-refractivity contribution in [3.05, 3.63) is 35.7 Å². The van der Waals surface area contributed by atoms with E-state index in [-0.39, 0.29) is 23.2 Å². The van der Waals surface area contributed by atoms with Crippen molar-refractivity contribution in [1.82, 2.24) is 20.2 Å². The standard InChI is InChI=1S/C22H33N5O2S/c1-15(20(28)24-17-8-6-5-7-9-17)30-21-26-25-19(27(21)23)14-29-18-12-10-16(11-13-18)22(2,3)4/h10-13,15,17H,5-9,14,23H2,1-4H3,(H,24,28). The Kier molecular flexibility index (Phi) is 7.28. The monoisotopic (exact) mass is 431 g/mol. The number of nitrogens with one attached hydrogen (secondary N) is 1. The highest BCUT2D eigenvalue weighted by Gasteiger charge is 2.23. The van der Waals surface area contributed by atoms with Gasteiger partial charge in [-0.2, -0.15) is 0 Å². The van der Waals surface area contributed by atoms with E-state index in [9.17, 15) is 4.79 Å². The molecule has 1 atom stereocenters. The van der Waals surface area contributed by atoms with E-state index in [1.54, 1.807) is 0 Å². The van der Waals surface area contributed by atoms with Crippen molar-refractivity contribution in [2.75, 3.05) is 5.84 Å². The molecule has 3 rings (SSSR count). The molecule has 0 spiro atoms. The number of hydrogen-bond acceptors (Lipinski definition) is 6. The smallest absolute Gasteiger partial charge is 0.233 e. The van der Waals surface area contributed by atoms with Gasteiger partial charge in [0, 0.05) is 6.04 Å². The van der Waals surface area contributed by atoms with Gasteiger partial charge in [0.05, 0.1) is 5.25 Å². The van der Waals surface area contributed by atoms with Crippen LogP contribution in [0.15, 0.2) is 29.4 Å². The van der Waals surface area contributed by atoms with Gasteiger partial charge in [-0.15, -0.1) is 10.2 Å². The minimum Gasteiger partial charge on any atom is -0.486 e. The van der Waals surface area contributed by atoms with Crippen molar-refractivity contribution < 1.29 is 9.53 Å². The summed E-state index contributed by atoms with van der Waals surface area (Å²) in [5.74, 6) is 7.42. The minimum absolute atomic E-state index is 0.0200. The van der Waals surface area contributed by atoms with E-state index in [1.165, 1.54) is 41.3 Å². The molecule has 0 bridgehead atoms. The number of carbonyl (C=O) groups is 1. The summed E-state index contributed by atoms with van der Waals surface area (Å²) in [4.78, 5) is 12.5. The van der Waals surface area contributed by atoms with E-state index in [0.717, 1.165) is 18.6 Å². The Morgan fingerprint density at radius 3 is 2.53 bits per heavy atom. The fraction of sp³-hybridized carbons (Fsp3) is 0.591. The molecule has 0 radical (unpaired) electrons. The quantitative estimate of drug-likeness (QED) is 0.511.